The molecule has 4 aromatic rings. The third kappa shape index (κ3) is 5.84. The standard InChI is InChI=1S/C31H22O12/c32-25(33)21-13-11-19(15-23(21)27(36)37)42-30(43-20-12-14-22(26(34)35)24(16-20)28(38)39)31(29(40)41,17-7-3-1-4-8-17)18-9-5-2-6-10-18/h1-16,30H,(H,32,33)(H,34,35)(H,36,37)(H,38,39)(H,40,41). The van der Waals surface area contributed by atoms with E-state index in [0.29, 0.717) is 0 Å². The van der Waals surface area contributed by atoms with E-state index in [-0.39, 0.29) is 22.6 Å². The van der Waals surface area contributed by atoms with E-state index >= 15 is 0 Å². The Morgan fingerprint density at radius 1 is 0.488 bits per heavy atom. The topological polar surface area (TPSA) is 205 Å². The summed E-state index contributed by atoms with van der Waals surface area (Å²) in [7, 11) is 0. The summed E-state index contributed by atoms with van der Waals surface area (Å²) < 4.78 is 12.1. The van der Waals surface area contributed by atoms with Gasteiger partial charge >= 0.3 is 29.8 Å². The highest BCUT2D eigenvalue weighted by Crippen LogP contribution is 2.40. The summed E-state index contributed by atoms with van der Waals surface area (Å²) in [6.07, 6.45) is -1.91. The van der Waals surface area contributed by atoms with E-state index < -0.39 is 63.8 Å². The van der Waals surface area contributed by atoms with Crippen molar-refractivity contribution in [3.05, 3.63) is 130 Å². The Morgan fingerprint density at radius 2 is 0.837 bits per heavy atom. The molecule has 0 bridgehead atoms. The Morgan fingerprint density at radius 3 is 1.14 bits per heavy atom. The van der Waals surface area contributed by atoms with E-state index in [9.17, 15) is 49.5 Å². The van der Waals surface area contributed by atoms with Crippen LogP contribution in [-0.4, -0.2) is 61.7 Å². The highest BCUT2D eigenvalue weighted by Gasteiger charge is 2.53. The largest absolute Gasteiger partial charge is 0.480 e. The average molecular weight is 587 g/mol. The molecule has 0 amide bonds. The smallest absolute Gasteiger partial charge is 0.336 e. The third-order valence-corrected chi connectivity index (χ3v) is 6.54. The van der Waals surface area contributed by atoms with Crippen LogP contribution in [0.15, 0.2) is 97.1 Å². The minimum absolute atomic E-state index is 0.153. The van der Waals surface area contributed by atoms with Crippen molar-refractivity contribution in [2.45, 2.75) is 11.7 Å². The maximum atomic E-state index is 13.4. The van der Waals surface area contributed by atoms with Gasteiger partial charge in [0.15, 0.2) is 5.41 Å². The number of benzene rings is 4. The highest BCUT2D eigenvalue weighted by atomic mass is 16.7. The predicted octanol–water partition coefficient (Wildman–Crippen LogP) is 4.33. The van der Waals surface area contributed by atoms with Gasteiger partial charge in [-0.2, -0.15) is 0 Å². The first-order chi connectivity index (χ1) is 20.5. The van der Waals surface area contributed by atoms with Gasteiger partial charge in [0.25, 0.3) is 6.29 Å². The van der Waals surface area contributed by atoms with Crippen LogP contribution in [0.5, 0.6) is 11.5 Å². The SMILES string of the molecule is O=C(O)c1ccc(OC(Oc2ccc(C(=O)O)c(C(=O)O)c2)C(C(=O)O)(c2ccccc2)c2ccccc2)cc1C(=O)O. The van der Waals surface area contributed by atoms with Crippen LogP contribution in [0.4, 0.5) is 0 Å². The van der Waals surface area contributed by atoms with E-state index in [1.165, 1.54) is 24.3 Å². The number of carboxylic acids is 5. The lowest BCUT2D eigenvalue weighted by Gasteiger charge is -2.37. The lowest BCUT2D eigenvalue weighted by atomic mass is 9.73. The van der Waals surface area contributed by atoms with Gasteiger partial charge < -0.3 is 35.0 Å². The van der Waals surface area contributed by atoms with Crippen molar-refractivity contribution in [1.29, 1.82) is 0 Å². The minimum atomic E-state index is -2.20. The van der Waals surface area contributed by atoms with E-state index in [4.69, 9.17) is 9.47 Å². The van der Waals surface area contributed by atoms with Crippen molar-refractivity contribution in [3.8, 4) is 11.5 Å². The second-order valence-electron chi connectivity index (χ2n) is 9.05. The van der Waals surface area contributed by atoms with Gasteiger partial charge in [0, 0.05) is 0 Å². The zero-order chi connectivity index (χ0) is 31.3. The van der Waals surface area contributed by atoms with Gasteiger partial charge in [-0.1, -0.05) is 60.7 Å². The molecule has 43 heavy (non-hydrogen) atoms. The average Bonchev–Trinajstić information content (AvgIpc) is 2.98. The Kier molecular flexibility index (Phi) is 8.42. The van der Waals surface area contributed by atoms with Crippen molar-refractivity contribution in [1.82, 2.24) is 0 Å². The minimum Gasteiger partial charge on any atom is -0.480 e. The van der Waals surface area contributed by atoms with Crippen molar-refractivity contribution in [2.24, 2.45) is 0 Å². The molecule has 4 aromatic carbocycles. The molecule has 0 unspecified atom stereocenters. The Hall–Kier alpha value is -6.17. The van der Waals surface area contributed by atoms with Crippen molar-refractivity contribution < 1.29 is 59.0 Å². The molecule has 5 N–H and O–H groups in total. The maximum absolute atomic E-state index is 13.4. The molecule has 0 radical (unpaired) electrons. The van der Waals surface area contributed by atoms with Crippen LogP contribution in [0.3, 0.4) is 0 Å². The van der Waals surface area contributed by atoms with Crippen molar-refractivity contribution >= 4 is 29.8 Å². The van der Waals surface area contributed by atoms with Gasteiger partial charge in [-0.25, -0.2) is 19.2 Å². The molecule has 0 fully saturated rings. The van der Waals surface area contributed by atoms with Crippen LogP contribution in [0.25, 0.3) is 0 Å². The molecule has 0 saturated heterocycles. The van der Waals surface area contributed by atoms with Crippen LogP contribution in [0, 0.1) is 0 Å². The fraction of sp³-hybridized carbons (Fsp3) is 0.0645. The number of aromatic carboxylic acids is 4. The van der Waals surface area contributed by atoms with Crippen molar-refractivity contribution in [3.63, 3.8) is 0 Å². The Balaban J connectivity index is 1.99. The second-order valence-corrected chi connectivity index (χ2v) is 9.05. The molecule has 0 aliphatic carbocycles. The van der Waals surface area contributed by atoms with Gasteiger partial charge in [-0.05, 0) is 47.5 Å². The number of carbonyl (C=O) groups is 5. The fourth-order valence-corrected chi connectivity index (χ4v) is 4.56. The molecular weight excluding hydrogens is 564 g/mol. The first-order valence-corrected chi connectivity index (χ1v) is 12.4. The van der Waals surface area contributed by atoms with E-state index in [2.05, 4.69) is 0 Å². The molecule has 218 valence electrons. The lowest BCUT2D eigenvalue weighted by Crippen LogP contribution is -2.53. The molecule has 0 aromatic heterocycles. The zero-order valence-electron chi connectivity index (χ0n) is 21.9. The molecule has 0 spiro atoms. The van der Waals surface area contributed by atoms with E-state index in [1.54, 1.807) is 36.4 Å². The number of hydrogen-bond donors (Lipinski definition) is 5. The lowest BCUT2D eigenvalue weighted by molar-refractivity contribution is -0.153. The van der Waals surface area contributed by atoms with E-state index in [0.717, 1.165) is 36.4 Å². The summed E-state index contributed by atoms with van der Waals surface area (Å²) in [5, 5.41) is 48.9. The number of rotatable bonds is 12. The number of ether oxygens (including phenoxy) is 2. The molecule has 12 heteroatoms. The Bertz CT molecular complexity index is 1600. The van der Waals surface area contributed by atoms with Crippen LogP contribution >= 0.6 is 0 Å². The zero-order valence-corrected chi connectivity index (χ0v) is 21.9. The molecule has 12 nitrogen and oxygen atoms in total. The summed E-state index contributed by atoms with van der Waals surface area (Å²) in [6.45, 7) is 0. The van der Waals surface area contributed by atoms with E-state index in [1.807, 2.05) is 0 Å². The molecule has 0 saturated carbocycles. The molecule has 0 heterocycles. The van der Waals surface area contributed by atoms with Crippen LogP contribution in [0.2, 0.25) is 0 Å². The van der Waals surface area contributed by atoms with Gasteiger partial charge in [-0.3, -0.25) is 4.79 Å². The van der Waals surface area contributed by atoms with Crippen LogP contribution in [-0.2, 0) is 10.2 Å². The highest BCUT2D eigenvalue weighted by molar-refractivity contribution is 6.02. The summed E-state index contributed by atoms with van der Waals surface area (Å²) in [5.41, 5.74) is -4.30. The van der Waals surface area contributed by atoms with Gasteiger partial charge in [-0.15, -0.1) is 0 Å². The second kappa shape index (κ2) is 12.1. The fourth-order valence-electron chi connectivity index (χ4n) is 4.56. The monoisotopic (exact) mass is 586 g/mol. The quantitative estimate of drug-likeness (QED) is 0.147. The summed E-state index contributed by atoms with van der Waals surface area (Å²) in [5.74, 6) is -8.28. The van der Waals surface area contributed by atoms with Crippen LogP contribution < -0.4 is 9.47 Å². The van der Waals surface area contributed by atoms with Gasteiger partial charge in [0.2, 0.25) is 0 Å². The Labute approximate surface area is 242 Å². The van der Waals surface area contributed by atoms with Gasteiger partial charge in [0.1, 0.15) is 11.5 Å². The first-order valence-electron chi connectivity index (χ1n) is 12.4. The first kappa shape index (κ1) is 29.8. The molecule has 0 aliphatic rings. The number of carboxylic acid groups (broad SMARTS) is 5. The van der Waals surface area contributed by atoms with Gasteiger partial charge in [0.05, 0.1) is 22.3 Å². The summed E-state index contributed by atoms with van der Waals surface area (Å²) in [4.78, 5) is 60.2. The molecule has 0 atom stereocenters. The molecular formula is C31H22O12. The number of hydrogen-bond acceptors (Lipinski definition) is 7. The third-order valence-electron chi connectivity index (χ3n) is 6.54. The number of aliphatic carboxylic acids is 1. The summed E-state index contributed by atoms with van der Waals surface area (Å²) in [6, 6.07) is 21.5. The van der Waals surface area contributed by atoms with Crippen LogP contribution in [0.1, 0.15) is 52.6 Å². The molecule has 4 rings (SSSR count). The maximum Gasteiger partial charge on any atom is 0.336 e. The normalized spacial score (nSPS) is 11.0. The predicted molar refractivity (Wildman–Crippen MR) is 147 cm³/mol. The molecule has 0 aliphatic heterocycles. The van der Waals surface area contributed by atoms with Crippen molar-refractivity contribution in [2.75, 3.05) is 0 Å². The summed E-state index contributed by atoms with van der Waals surface area (Å²) >= 11 is 0.